The summed E-state index contributed by atoms with van der Waals surface area (Å²) in [6, 6.07) is 3.05. The predicted octanol–water partition coefficient (Wildman–Crippen LogP) is 3.29. The number of esters is 1. The topological polar surface area (TPSA) is 75.7 Å². The van der Waals surface area contributed by atoms with E-state index in [4.69, 9.17) is 39.5 Å². The van der Waals surface area contributed by atoms with Crippen LogP contribution in [0.2, 0.25) is 0 Å². The van der Waals surface area contributed by atoms with Gasteiger partial charge in [-0.2, -0.15) is 0 Å². The number of halogens is 4. The van der Waals surface area contributed by atoms with Gasteiger partial charge in [0.05, 0.1) is 6.42 Å². The maximum atomic E-state index is 12.7. The molecule has 12 heteroatoms. The summed E-state index contributed by atoms with van der Waals surface area (Å²) < 4.78 is 3.90. The van der Waals surface area contributed by atoms with E-state index >= 15 is 0 Å². The molecule has 0 saturated carbocycles. The van der Waals surface area contributed by atoms with Crippen molar-refractivity contribution < 1.29 is 19.1 Å². The average molecular weight is 596 g/mol. The van der Waals surface area contributed by atoms with Gasteiger partial charge < -0.3 is 10.1 Å². The number of nitrogens with one attached hydrogen (secondary N) is 1. The molecule has 2 aliphatic heterocycles. The molecule has 2 atom stereocenters. The molecule has 1 aromatic rings. The number of hydrogen-bond acceptors (Lipinski definition) is 6. The Hall–Kier alpha value is -0.200. The van der Waals surface area contributed by atoms with E-state index in [0.717, 1.165) is 10.5 Å². The second-order valence-electron chi connectivity index (χ2n) is 5.99. The average Bonchev–Trinajstić information content (AvgIpc) is 3.15. The Morgan fingerprint density at radius 2 is 2.14 bits per heavy atom. The van der Waals surface area contributed by atoms with Crippen LogP contribution in [-0.2, 0) is 25.5 Å². The molecular weight excluding hydrogens is 582 g/mol. The molecule has 3 rings (SSSR count). The highest BCUT2D eigenvalue weighted by Gasteiger charge is 2.54. The van der Waals surface area contributed by atoms with Crippen LogP contribution >= 0.6 is 80.5 Å². The van der Waals surface area contributed by atoms with Crippen molar-refractivity contribution in [3.8, 4) is 0 Å². The summed E-state index contributed by atoms with van der Waals surface area (Å²) in [6.07, 6.45) is 0.214. The Bertz CT molecular complexity index is 813. The van der Waals surface area contributed by atoms with Gasteiger partial charge >= 0.3 is 5.97 Å². The van der Waals surface area contributed by atoms with Gasteiger partial charge in [0.1, 0.15) is 23.7 Å². The van der Waals surface area contributed by atoms with Gasteiger partial charge in [-0.15, -0.1) is 23.1 Å². The molecule has 1 aromatic heterocycles. The highest BCUT2D eigenvalue weighted by atomic mass is 127. The van der Waals surface area contributed by atoms with E-state index in [1.165, 1.54) is 28.0 Å². The van der Waals surface area contributed by atoms with Crippen LogP contribution in [0.3, 0.4) is 0 Å². The standard InChI is InChI=1S/C16H14Cl3IN2O4S2/c17-16(18,19)7-26-15(25)12-8(5-20)6-28-14-11(13(24)22(12)14)21-10(23)4-9-2-1-3-27-9/h1-3,11,14H,4-7H2,(H,21,23)/t11-,14-/m1/s1. The number of ether oxygens (including phenoxy) is 1. The second kappa shape index (κ2) is 9.30. The third-order valence-electron chi connectivity index (χ3n) is 4.00. The zero-order valence-electron chi connectivity index (χ0n) is 14.1. The van der Waals surface area contributed by atoms with E-state index in [2.05, 4.69) is 27.9 Å². The van der Waals surface area contributed by atoms with Crippen molar-refractivity contribution in [3.05, 3.63) is 33.7 Å². The third-order valence-corrected chi connectivity index (χ3v) is 7.46. The van der Waals surface area contributed by atoms with Crippen LogP contribution < -0.4 is 5.32 Å². The molecule has 1 saturated heterocycles. The van der Waals surface area contributed by atoms with Crippen molar-refractivity contribution in [3.63, 3.8) is 0 Å². The van der Waals surface area contributed by atoms with Crippen molar-refractivity contribution in [1.29, 1.82) is 0 Å². The van der Waals surface area contributed by atoms with Gasteiger partial charge in [0.2, 0.25) is 9.70 Å². The monoisotopic (exact) mass is 594 g/mol. The number of alkyl halides is 4. The van der Waals surface area contributed by atoms with Crippen molar-refractivity contribution in [2.24, 2.45) is 0 Å². The minimum atomic E-state index is -1.74. The first kappa shape index (κ1) is 22.5. The van der Waals surface area contributed by atoms with Crippen LogP contribution in [0.1, 0.15) is 4.88 Å². The van der Waals surface area contributed by atoms with Gasteiger partial charge in [-0.3, -0.25) is 14.5 Å². The lowest BCUT2D eigenvalue weighted by Gasteiger charge is -2.49. The molecule has 0 aromatic carbocycles. The van der Waals surface area contributed by atoms with E-state index < -0.39 is 22.4 Å². The lowest BCUT2D eigenvalue weighted by atomic mass is 10.0. The molecule has 1 fully saturated rings. The van der Waals surface area contributed by atoms with E-state index in [9.17, 15) is 14.4 Å². The lowest BCUT2D eigenvalue weighted by molar-refractivity contribution is -0.152. The Kier molecular flexibility index (Phi) is 7.47. The van der Waals surface area contributed by atoms with Crippen LogP contribution in [0.15, 0.2) is 28.8 Å². The second-order valence-corrected chi connectivity index (χ2v) is 11.4. The summed E-state index contributed by atoms with van der Waals surface area (Å²) in [4.78, 5) is 39.8. The van der Waals surface area contributed by atoms with Crippen molar-refractivity contribution in [2.75, 3.05) is 16.8 Å². The van der Waals surface area contributed by atoms with Crippen molar-refractivity contribution in [2.45, 2.75) is 21.6 Å². The van der Waals surface area contributed by atoms with Crippen LogP contribution in [-0.4, -0.2) is 54.7 Å². The highest BCUT2D eigenvalue weighted by molar-refractivity contribution is 14.1. The van der Waals surface area contributed by atoms with Crippen molar-refractivity contribution in [1.82, 2.24) is 10.2 Å². The summed E-state index contributed by atoms with van der Waals surface area (Å²) in [5, 5.41) is 4.30. The molecule has 2 amide bonds. The zero-order chi connectivity index (χ0) is 20.5. The number of amides is 2. The first-order valence-corrected chi connectivity index (χ1v) is 12.6. The number of nitrogens with zero attached hydrogens (tertiary/aromatic N) is 1. The van der Waals surface area contributed by atoms with Gasteiger partial charge in [0.25, 0.3) is 5.91 Å². The largest absolute Gasteiger partial charge is 0.456 e. The fraction of sp³-hybridized carbons (Fsp3) is 0.438. The number of thiophene rings is 1. The number of carbonyl (C=O) groups excluding carboxylic acids is 3. The number of carbonyl (C=O) groups is 3. The minimum Gasteiger partial charge on any atom is -0.456 e. The molecule has 0 bridgehead atoms. The molecule has 0 aliphatic carbocycles. The number of thioether (sulfide) groups is 1. The van der Waals surface area contributed by atoms with Crippen LogP contribution in [0.5, 0.6) is 0 Å². The van der Waals surface area contributed by atoms with Crippen LogP contribution in [0, 0.1) is 0 Å². The van der Waals surface area contributed by atoms with E-state index in [-0.39, 0.29) is 29.3 Å². The normalized spacial score (nSPS) is 21.9. The molecule has 0 spiro atoms. The molecule has 28 heavy (non-hydrogen) atoms. The Morgan fingerprint density at radius 3 is 2.75 bits per heavy atom. The van der Waals surface area contributed by atoms with Gasteiger partial charge in [-0.25, -0.2) is 4.79 Å². The number of β-lactam (4-membered cyclic amide) rings is 1. The van der Waals surface area contributed by atoms with E-state index in [0.29, 0.717) is 10.2 Å². The van der Waals surface area contributed by atoms with E-state index in [1.54, 1.807) is 0 Å². The number of fused-ring (bicyclic) bond motifs is 1. The molecule has 0 unspecified atom stereocenters. The molecule has 1 N–H and O–H groups in total. The first-order chi connectivity index (χ1) is 13.2. The summed E-state index contributed by atoms with van der Waals surface area (Å²) in [6.45, 7) is -0.421. The maximum Gasteiger partial charge on any atom is 0.355 e. The molecule has 3 heterocycles. The third kappa shape index (κ3) is 5.10. The fourth-order valence-electron chi connectivity index (χ4n) is 2.79. The lowest BCUT2D eigenvalue weighted by Crippen LogP contribution is -2.70. The quantitative estimate of drug-likeness (QED) is 0.237. The van der Waals surface area contributed by atoms with Gasteiger partial charge in [0, 0.05) is 15.1 Å². The smallest absolute Gasteiger partial charge is 0.355 e. The van der Waals surface area contributed by atoms with Crippen molar-refractivity contribution >= 4 is 98.3 Å². The maximum absolute atomic E-state index is 12.7. The molecule has 2 aliphatic rings. The molecule has 0 radical (unpaired) electrons. The first-order valence-electron chi connectivity index (χ1n) is 7.99. The minimum absolute atomic E-state index is 0.182. The molecule has 6 nitrogen and oxygen atoms in total. The molecule has 152 valence electrons. The Morgan fingerprint density at radius 1 is 1.39 bits per heavy atom. The molecular formula is C16H14Cl3IN2O4S2. The van der Waals surface area contributed by atoms with Gasteiger partial charge in [0.15, 0.2) is 0 Å². The Labute approximate surface area is 198 Å². The summed E-state index contributed by atoms with van der Waals surface area (Å²) in [5.74, 6) is -0.739. The summed E-state index contributed by atoms with van der Waals surface area (Å²) in [5.41, 5.74) is 0.953. The Balaban J connectivity index is 1.68. The highest BCUT2D eigenvalue weighted by Crippen LogP contribution is 2.41. The zero-order valence-corrected chi connectivity index (χ0v) is 20.2. The number of hydrogen-bond donors (Lipinski definition) is 1. The van der Waals surface area contributed by atoms with Crippen LogP contribution in [0.25, 0.3) is 0 Å². The predicted molar refractivity (Wildman–Crippen MR) is 120 cm³/mol. The number of rotatable bonds is 6. The summed E-state index contributed by atoms with van der Waals surface area (Å²) in [7, 11) is 0. The summed E-state index contributed by atoms with van der Waals surface area (Å²) >= 11 is 22.0. The SMILES string of the molecule is O=C(Cc1cccs1)N[C@@H]1C(=O)N2C(C(=O)OCC(Cl)(Cl)Cl)=C(CI)CS[C@H]12. The van der Waals surface area contributed by atoms with Gasteiger partial charge in [-0.1, -0.05) is 63.5 Å². The van der Waals surface area contributed by atoms with Crippen LogP contribution in [0.4, 0.5) is 0 Å². The van der Waals surface area contributed by atoms with Gasteiger partial charge in [-0.05, 0) is 17.0 Å². The van der Waals surface area contributed by atoms with E-state index in [1.807, 2.05) is 17.5 Å². The fourth-order valence-corrected chi connectivity index (χ4v) is 6.00.